The van der Waals surface area contributed by atoms with E-state index in [1.54, 1.807) is 30.1 Å². The molecule has 0 saturated heterocycles. The lowest BCUT2D eigenvalue weighted by atomic mass is 10.6. The summed E-state index contributed by atoms with van der Waals surface area (Å²) in [7, 11) is 1.78. The minimum atomic E-state index is 0.613. The summed E-state index contributed by atoms with van der Waals surface area (Å²) in [6.07, 6.45) is 4.50. The van der Waals surface area contributed by atoms with Crippen LogP contribution >= 0.6 is 23.1 Å². The van der Waals surface area contributed by atoms with Crippen molar-refractivity contribution >= 4 is 29.1 Å². The van der Waals surface area contributed by atoms with Gasteiger partial charge in [-0.3, -0.25) is 4.99 Å². The lowest BCUT2D eigenvalue weighted by Crippen LogP contribution is -2.38. The lowest BCUT2D eigenvalue weighted by Gasteiger charge is -2.08. The van der Waals surface area contributed by atoms with Crippen molar-refractivity contribution < 1.29 is 0 Å². The fourth-order valence-corrected chi connectivity index (χ4v) is 2.42. The largest absolute Gasteiger partial charge is 0.354 e. The number of hydrogen-bond acceptors (Lipinski definition) is 5. The molecule has 7 heteroatoms. The second kappa shape index (κ2) is 5.49. The van der Waals surface area contributed by atoms with E-state index >= 15 is 0 Å². The van der Waals surface area contributed by atoms with Crippen LogP contribution < -0.4 is 10.6 Å². The van der Waals surface area contributed by atoms with Gasteiger partial charge in [0.15, 0.2) is 10.3 Å². The Hall–Kier alpha value is -0.820. The third-order valence-corrected chi connectivity index (χ3v) is 4.07. The molecule has 0 aliphatic heterocycles. The fourth-order valence-electron chi connectivity index (χ4n) is 1.17. The molecular formula is C9H15N5S2. The summed E-state index contributed by atoms with van der Waals surface area (Å²) in [6.45, 7) is 0.685. The number of nitrogens with one attached hydrogen (secondary N) is 2. The van der Waals surface area contributed by atoms with Gasteiger partial charge >= 0.3 is 0 Å². The predicted molar refractivity (Wildman–Crippen MR) is 68.0 cm³/mol. The highest BCUT2D eigenvalue weighted by molar-refractivity contribution is 8.00. The van der Waals surface area contributed by atoms with E-state index in [1.165, 1.54) is 12.8 Å². The van der Waals surface area contributed by atoms with Crippen LogP contribution in [0.4, 0.5) is 0 Å². The van der Waals surface area contributed by atoms with Crippen molar-refractivity contribution in [3.63, 3.8) is 0 Å². The van der Waals surface area contributed by atoms with Gasteiger partial charge < -0.3 is 10.6 Å². The van der Waals surface area contributed by atoms with Crippen LogP contribution in [-0.2, 0) is 6.54 Å². The molecule has 2 N–H and O–H groups in total. The van der Waals surface area contributed by atoms with Gasteiger partial charge in [0.1, 0.15) is 5.01 Å². The molecule has 0 unspecified atom stereocenters. The van der Waals surface area contributed by atoms with E-state index in [-0.39, 0.29) is 0 Å². The Labute approximate surface area is 103 Å². The van der Waals surface area contributed by atoms with Gasteiger partial charge in [0.05, 0.1) is 6.54 Å². The van der Waals surface area contributed by atoms with Crippen molar-refractivity contribution in [3.05, 3.63) is 5.01 Å². The van der Waals surface area contributed by atoms with E-state index < -0.39 is 0 Å². The molecule has 1 aromatic rings. The van der Waals surface area contributed by atoms with Crippen LogP contribution in [0.5, 0.6) is 0 Å². The van der Waals surface area contributed by atoms with Gasteiger partial charge in [-0.05, 0) is 19.1 Å². The second-order valence-corrected chi connectivity index (χ2v) is 5.63. The Bertz CT molecular complexity index is 372. The molecule has 1 fully saturated rings. The molecule has 1 aromatic heterocycles. The zero-order valence-corrected chi connectivity index (χ0v) is 11.0. The third kappa shape index (κ3) is 3.34. The molecule has 1 saturated carbocycles. The number of nitrogens with zero attached hydrogens (tertiary/aromatic N) is 3. The maximum Gasteiger partial charge on any atom is 0.191 e. The number of rotatable bonds is 4. The van der Waals surface area contributed by atoms with Crippen molar-refractivity contribution in [3.8, 4) is 0 Å². The molecular weight excluding hydrogens is 242 g/mol. The van der Waals surface area contributed by atoms with Crippen molar-refractivity contribution in [1.29, 1.82) is 0 Å². The molecule has 0 spiro atoms. The quantitative estimate of drug-likeness (QED) is 0.480. The summed E-state index contributed by atoms with van der Waals surface area (Å²) < 4.78 is 1.00. The second-order valence-electron chi connectivity index (χ2n) is 3.51. The van der Waals surface area contributed by atoms with Crippen LogP contribution in [0.2, 0.25) is 0 Å². The molecule has 0 atom stereocenters. The number of hydrogen-bond donors (Lipinski definition) is 2. The minimum absolute atomic E-state index is 0.613. The van der Waals surface area contributed by atoms with Crippen molar-refractivity contribution in [2.45, 2.75) is 29.8 Å². The molecule has 1 heterocycles. The number of guanidine groups is 1. The van der Waals surface area contributed by atoms with Crippen LogP contribution in [-0.4, -0.2) is 35.5 Å². The first-order valence-electron chi connectivity index (χ1n) is 5.15. The first kappa shape index (κ1) is 11.7. The molecule has 1 aliphatic rings. The van der Waals surface area contributed by atoms with Gasteiger partial charge in [0.2, 0.25) is 0 Å². The maximum absolute atomic E-state index is 4.16. The number of aliphatic imine (C=N–C) groups is 1. The van der Waals surface area contributed by atoms with Crippen LogP contribution in [0.3, 0.4) is 0 Å². The van der Waals surface area contributed by atoms with E-state index in [4.69, 9.17) is 0 Å². The molecule has 0 aromatic carbocycles. The van der Waals surface area contributed by atoms with Crippen molar-refractivity contribution in [1.82, 2.24) is 20.8 Å². The Morgan fingerprint density at radius 1 is 1.56 bits per heavy atom. The molecule has 88 valence electrons. The monoisotopic (exact) mass is 257 g/mol. The van der Waals surface area contributed by atoms with E-state index in [1.807, 2.05) is 6.26 Å². The predicted octanol–water partition coefficient (Wildman–Crippen LogP) is 1.09. The van der Waals surface area contributed by atoms with Gasteiger partial charge in [0, 0.05) is 13.1 Å². The number of aromatic nitrogens is 2. The third-order valence-electron chi connectivity index (χ3n) is 2.17. The highest BCUT2D eigenvalue weighted by Gasteiger charge is 2.22. The average molecular weight is 257 g/mol. The number of thioether (sulfide) groups is 1. The maximum atomic E-state index is 4.16. The Morgan fingerprint density at radius 3 is 2.94 bits per heavy atom. The Balaban J connectivity index is 1.80. The van der Waals surface area contributed by atoms with Gasteiger partial charge in [-0.1, -0.05) is 23.1 Å². The summed E-state index contributed by atoms with van der Waals surface area (Å²) in [6, 6.07) is 0.613. The van der Waals surface area contributed by atoms with Gasteiger partial charge in [-0.2, -0.15) is 0 Å². The SMILES string of the molecule is CN=C(NCc1nnc(SC)s1)NC1CC1. The van der Waals surface area contributed by atoms with Crippen molar-refractivity contribution in [2.24, 2.45) is 4.99 Å². The van der Waals surface area contributed by atoms with E-state index in [9.17, 15) is 0 Å². The molecule has 5 nitrogen and oxygen atoms in total. The van der Waals surface area contributed by atoms with Crippen LogP contribution in [0.25, 0.3) is 0 Å². The highest BCUT2D eigenvalue weighted by Crippen LogP contribution is 2.20. The first-order chi connectivity index (χ1) is 7.81. The normalized spacial score (nSPS) is 16.2. The van der Waals surface area contributed by atoms with E-state index in [0.29, 0.717) is 12.6 Å². The van der Waals surface area contributed by atoms with Crippen LogP contribution in [0.15, 0.2) is 9.33 Å². The topological polar surface area (TPSA) is 62.2 Å². The Morgan fingerprint density at radius 2 is 2.38 bits per heavy atom. The summed E-state index contributed by atoms with van der Waals surface area (Å²) in [4.78, 5) is 4.16. The Kier molecular flexibility index (Phi) is 4.00. The summed E-state index contributed by atoms with van der Waals surface area (Å²) >= 11 is 3.24. The van der Waals surface area contributed by atoms with Crippen molar-refractivity contribution in [2.75, 3.05) is 13.3 Å². The van der Waals surface area contributed by atoms with E-state index in [2.05, 4.69) is 25.8 Å². The van der Waals surface area contributed by atoms with Gasteiger partial charge in [-0.25, -0.2) is 0 Å². The lowest BCUT2D eigenvalue weighted by molar-refractivity contribution is 0.791. The molecule has 1 aliphatic carbocycles. The molecule has 0 bridgehead atoms. The first-order valence-corrected chi connectivity index (χ1v) is 7.19. The summed E-state index contributed by atoms with van der Waals surface area (Å²) in [5, 5.41) is 15.7. The molecule has 0 amide bonds. The van der Waals surface area contributed by atoms with Gasteiger partial charge in [0.25, 0.3) is 0 Å². The molecule has 16 heavy (non-hydrogen) atoms. The van der Waals surface area contributed by atoms with Gasteiger partial charge in [-0.15, -0.1) is 10.2 Å². The highest BCUT2D eigenvalue weighted by atomic mass is 32.2. The molecule has 2 rings (SSSR count). The summed E-state index contributed by atoms with van der Waals surface area (Å²) in [5.41, 5.74) is 0. The molecule has 0 radical (unpaired) electrons. The summed E-state index contributed by atoms with van der Waals surface area (Å²) in [5.74, 6) is 0.850. The zero-order chi connectivity index (χ0) is 11.4. The smallest absolute Gasteiger partial charge is 0.191 e. The standard InChI is InChI=1S/C9H15N5S2/c1-10-8(12-6-3-4-6)11-5-7-13-14-9(15-2)16-7/h6H,3-5H2,1-2H3,(H2,10,11,12). The fraction of sp³-hybridized carbons (Fsp3) is 0.667. The minimum Gasteiger partial charge on any atom is -0.354 e. The zero-order valence-electron chi connectivity index (χ0n) is 9.36. The van der Waals surface area contributed by atoms with Crippen LogP contribution in [0, 0.1) is 0 Å². The van der Waals surface area contributed by atoms with E-state index in [0.717, 1.165) is 15.3 Å². The van der Waals surface area contributed by atoms with Crippen LogP contribution in [0.1, 0.15) is 17.8 Å². The average Bonchev–Trinajstić information content (AvgIpc) is 3.00.